The van der Waals surface area contributed by atoms with Crippen molar-refractivity contribution in [2.45, 2.75) is 108 Å². The van der Waals surface area contributed by atoms with Crippen LogP contribution in [0.1, 0.15) is 71.6 Å². The summed E-state index contributed by atoms with van der Waals surface area (Å²) >= 11 is 0. The van der Waals surface area contributed by atoms with Gasteiger partial charge in [-0.25, -0.2) is 0 Å². The molecule has 0 amide bonds. The highest BCUT2D eigenvalue weighted by Crippen LogP contribution is 2.22. The fourth-order valence-electron chi connectivity index (χ4n) is 3.22. The third-order valence-corrected chi connectivity index (χ3v) is 5.24. The number of carbonyl (C=O) groups is 2. The summed E-state index contributed by atoms with van der Waals surface area (Å²) in [6, 6.07) is 0. The predicted molar refractivity (Wildman–Crippen MR) is 113 cm³/mol. The first-order chi connectivity index (χ1) is 15.3. The van der Waals surface area contributed by atoms with Crippen LogP contribution >= 0.6 is 0 Å². The van der Waals surface area contributed by atoms with Crippen molar-refractivity contribution in [2.24, 2.45) is 0 Å². The predicted octanol–water partition coefficient (Wildman–Crippen LogP) is 0.809. The van der Waals surface area contributed by atoms with E-state index in [1.807, 2.05) is 6.92 Å². The van der Waals surface area contributed by atoms with Crippen LogP contribution in [-0.2, 0) is 28.5 Å². The van der Waals surface area contributed by atoms with Crippen molar-refractivity contribution in [3.8, 4) is 0 Å². The Labute approximate surface area is 189 Å². The molecule has 0 saturated carbocycles. The van der Waals surface area contributed by atoms with Gasteiger partial charge < -0.3 is 39.4 Å². The van der Waals surface area contributed by atoms with Crippen LogP contribution in [0.15, 0.2) is 0 Å². The van der Waals surface area contributed by atoms with E-state index in [0.29, 0.717) is 12.8 Å². The lowest BCUT2D eigenvalue weighted by atomic mass is 9.99. The molecular weight excluding hydrogens is 424 g/mol. The Bertz CT molecular complexity index is 527. The first-order valence-corrected chi connectivity index (χ1v) is 11.6. The van der Waals surface area contributed by atoms with Crippen LogP contribution in [-0.4, -0.2) is 89.0 Å². The largest absolute Gasteiger partial charge is 0.462 e. The van der Waals surface area contributed by atoms with E-state index < -0.39 is 55.4 Å². The number of carbonyl (C=O) groups excluding carboxylic acids is 2. The van der Waals surface area contributed by atoms with Crippen molar-refractivity contribution in [2.75, 3.05) is 19.8 Å². The van der Waals surface area contributed by atoms with Crippen LogP contribution in [0.3, 0.4) is 0 Å². The molecule has 6 unspecified atom stereocenters. The number of aliphatic hydroxyl groups is 4. The number of hydrogen-bond donors (Lipinski definition) is 4. The van der Waals surface area contributed by atoms with Gasteiger partial charge in [-0.3, -0.25) is 9.59 Å². The van der Waals surface area contributed by atoms with Gasteiger partial charge >= 0.3 is 11.9 Å². The van der Waals surface area contributed by atoms with Gasteiger partial charge in [0.05, 0.1) is 13.2 Å². The van der Waals surface area contributed by atoms with E-state index in [1.54, 1.807) is 0 Å². The van der Waals surface area contributed by atoms with E-state index in [4.69, 9.17) is 18.9 Å². The Morgan fingerprint density at radius 2 is 1.50 bits per heavy atom. The van der Waals surface area contributed by atoms with Gasteiger partial charge in [-0.05, 0) is 12.8 Å². The lowest BCUT2D eigenvalue weighted by Gasteiger charge is -2.39. The Morgan fingerprint density at radius 3 is 2.16 bits per heavy atom. The third kappa shape index (κ3) is 10.5. The number of esters is 2. The topological polar surface area (TPSA) is 152 Å². The molecule has 1 aliphatic rings. The lowest BCUT2D eigenvalue weighted by molar-refractivity contribution is -0.305. The molecule has 10 heteroatoms. The van der Waals surface area contributed by atoms with Crippen LogP contribution in [0.25, 0.3) is 0 Å². The third-order valence-electron chi connectivity index (χ3n) is 5.24. The second-order valence-corrected chi connectivity index (χ2v) is 8.09. The number of aliphatic hydroxyl groups excluding tert-OH is 4. The second-order valence-electron chi connectivity index (χ2n) is 8.09. The molecule has 0 bridgehead atoms. The summed E-state index contributed by atoms with van der Waals surface area (Å²) in [5.41, 5.74) is 0. The van der Waals surface area contributed by atoms with Gasteiger partial charge in [0.1, 0.15) is 31.0 Å². The average Bonchev–Trinajstić information content (AvgIpc) is 2.78. The summed E-state index contributed by atoms with van der Waals surface area (Å²) < 4.78 is 21.3. The minimum Gasteiger partial charge on any atom is -0.462 e. The molecule has 1 heterocycles. The van der Waals surface area contributed by atoms with Crippen LogP contribution < -0.4 is 0 Å². The van der Waals surface area contributed by atoms with Gasteiger partial charge in [-0.15, -0.1) is 0 Å². The minimum atomic E-state index is -1.58. The zero-order valence-corrected chi connectivity index (χ0v) is 19.2. The fourth-order valence-corrected chi connectivity index (χ4v) is 3.22. The quantitative estimate of drug-likeness (QED) is 0.191. The Morgan fingerprint density at radius 1 is 0.844 bits per heavy atom. The second kappa shape index (κ2) is 16.3. The van der Waals surface area contributed by atoms with Crippen molar-refractivity contribution < 1.29 is 49.0 Å². The Balaban J connectivity index is 2.60. The molecule has 188 valence electrons. The molecular formula is C22H40O10. The maximum Gasteiger partial charge on any atom is 0.306 e. The van der Waals surface area contributed by atoms with Crippen molar-refractivity contribution in [1.29, 1.82) is 0 Å². The summed E-state index contributed by atoms with van der Waals surface area (Å²) in [7, 11) is 0. The summed E-state index contributed by atoms with van der Waals surface area (Å²) in [5.74, 6) is -0.867. The van der Waals surface area contributed by atoms with Gasteiger partial charge in [0.25, 0.3) is 0 Å². The SMILES string of the molecule is CCCCCCCC(=O)OC(COC(=O)CCCC)COC1OC(CO)C(O)C(O)C1O. The minimum absolute atomic E-state index is 0.221. The van der Waals surface area contributed by atoms with Crippen molar-refractivity contribution in [3.05, 3.63) is 0 Å². The van der Waals surface area contributed by atoms with Crippen LogP contribution in [0.2, 0.25) is 0 Å². The zero-order chi connectivity index (χ0) is 23.9. The molecule has 0 aromatic heterocycles. The van der Waals surface area contributed by atoms with Gasteiger partial charge in [0.15, 0.2) is 12.4 Å². The van der Waals surface area contributed by atoms with Crippen molar-refractivity contribution in [3.63, 3.8) is 0 Å². The van der Waals surface area contributed by atoms with Gasteiger partial charge in [-0.2, -0.15) is 0 Å². The Hall–Kier alpha value is -1.30. The average molecular weight is 465 g/mol. The molecule has 1 saturated heterocycles. The zero-order valence-electron chi connectivity index (χ0n) is 19.2. The van der Waals surface area contributed by atoms with E-state index in [2.05, 4.69) is 6.92 Å². The molecule has 10 nitrogen and oxygen atoms in total. The summed E-state index contributed by atoms with van der Waals surface area (Å²) in [5, 5.41) is 39.1. The monoisotopic (exact) mass is 464 g/mol. The maximum atomic E-state index is 12.2. The highest BCUT2D eigenvalue weighted by molar-refractivity contribution is 5.70. The molecule has 0 aliphatic carbocycles. The first kappa shape index (κ1) is 28.7. The highest BCUT2D eigenvalue weighted by Gasteiger charge is 2.44. The molecule has 1 aliphatic heterocycles. The Kier molecular flexibility index (Phi) is 14.7. The normalized spacial score (nSPS) is 26.5. The molecule has 1 fully saturated rings. The fraction of sp³-hybridized carbons (Fsp3) is 0.909. The summed E-state index contributed by atoms with van der Waals surface area (Å²) in [6.45, 7) is 2.98. The van der Waals surface area contributed by atoms with Gasteiger partial charge in [0.2, 0.25) is 0 Å². The van der Waals surface area contributed by atoms with Crippen LogP contribution in [0.4, 0.5) is 0 Å². The number of hydrogen-bond acceptors (Lipinski definition) is 10. The first-order valence-electron chi connectivity index (χ1n) is 11.6. The van der Waals surface area contributed by atoms with E-state index in [0.717, 1.165) is 32.1 Å². The molecule has 0 spiro atoms. The van der Waals surface area contributed by atoms with E-state index in [9.17, 15) is 30.0 Å². The molecule has 0 radical (unpaired) electrons. The number of ether oxygens (including phenoxy) is 4. The van der Waals surface area contributed by atoms with E-state index in [-0.39, 0.29) is 26.1 Å². The molecule has 0 aromatic carbocycles. The molecule has 1 rings (SSSR count). The standard InChI is InChI=1S/C22H40O10/c1-3-5-7-8-9-11-18(25)31-15(13-29-17(24)10-6-4-2)14-30-22-21(28)20(27)19(26)16(12-23)32-22/h15-16,19-23,26-28H,3-14H2,1-2H3. The highest BCUT2D eigenvalue weighted by atomic mass is 16.7. The number of rotatable bonds is 16. The van der Waals surface area contributed by atoms with Crippen molar-refractivity contribution in [1.82, 2.24) is 0 Å². The summed E-state index contributed by atoms with van der Waals surface area (Å²) in [6.07, 6.45) is -1.21. The van der Waals surface area contributed by atoms with Crippen LogP contribution in [0, 0.1) is 0 Å². The lowest BCUT2D eigenvalue weighted by Crippen LogP contribution is -2.59. The number of unbranched alkanes of at least 4 members (excludes halogenated alkanes) is 5. The molecule has 0 aromatic rings. The molecule has 4 N–H and O–H groups in total. The molecule has 6 atom stereocenters. The van der Waals surface area contributed by atoms with Gasteiger partial charge in [0, 0.05) is 12.8 Å². The maximum absolute atomic E-state index is 12.2. The smallest absolute Gasteiger partial charge is 0.306 e. The van der Waals surface area contributed by atoms with E-state index >= 15 is 0 Å². The van der Waals surface area contributed by atoms with Gasteiger partial charge in [-0.1, -0.05) is 46.0 Å². The van der Waals surface area contributed by atoms with Crippen LogP contribution in [0.5, 0.6) is 0 Å². The molecule has 32 heavy (non-hydrogen) atoms. The van der Waals surface area contributed by atoms with E-state index in [1.165, 1.54) is 0 Å². The van der Waals surface area contributed by atoms with Crippen molar-refractivity contribution >= 4 is 11.9 Å². The summed E-state index contributed by atoms with van der Waals surface area (Å²) in [4.78, 5) is 24.0.